The molecule has 20 heavy (non-hydrogen) atoms. The highest BCUT2D eigenvalue weighted by atomic mass is 16.3. The molecule has 1 aliphatic carbocycles. The standard InChI is InChI=1S/C15H29N3O2/c1-14(2,18-10-8-16-9-11-18)13(19)17(3)12-15(20)6-4-5-7-15/h16,20H,4-12H2,1-3H3. The Morgan fingerprint density at radius 2 is 1.85 bits per heavy atom. The van der Waals surface area contributed by atoms with Gasteiger partial charge in [0.25, 0.3) is 0 Å². The minimum atomic E-state index is -0.663. The van der Waals surface area contributed by atoms with Crippen LogP contribution in [0, 0.1) is 0 Å². The SMILES string of the molecule is CN(CC1(O)CCCC1)C(=O)C(C)(C)N1CCNCC1. The number of nitrogens with zero attached hydrogens (tertiary/aromatic N) is 2. The van der Waals surface area contributed by atoms with Crippen molar-refractivity contribution in [2.75, 3.05) is 39.8 Å². The molecule has 5 nitrogen and oxygen atoms in total. The van der Waals surface area contributed by atoms with Crippen molar-refractivity contribution < 1.29 is 9.90 Å². The average Bonchev–Trinajstić information content (AvgIpc) is 2.85. The molecule has 2 aliphatic rings. The minimum absolute atomic E-state index is 0.111. The van der Waals surface area contributed by atoms with E-state index in [1.165, 1.54) is 0 Å². The second-order valence-electron chi connectivity index (χ2n) is 6.89. The van der Waals surface area contributed by atoms with Gasteiger partial charge in [-0.25, -0.2) is 0 Å². The smallest absolute Gasteiger partial charge is 0.242 e. The molecule has 0 bridgehead atoms. The summed E-state index contributed by atoms with van der Waals surface area (Å²) in [5, 5.41) is 13.8. The molecule has 116 valence electrons. The lowest BCUT2D eigenvalue weighted by atomic mass is 9.97. The monoisotopic (exact) mass is 283 g/mol. The highest BCUT2D eigenvalue weighted by Crippen LogP contribution is 2.30. The van der Waals surface area contributed by atoms with Crippen LogP contribution in [0.4, 0.5) is 0 Å². The van der Waals surface area contributed by atoms with Gasteiger partial charge in [0.2, 0.25) is 5.91 Å². The normalized spacial score (nSPS) is 23.8. The maximum Gasteiger partial charge on any atom is 0.242 e. The number of carbonyl (C=O) groups excluding carboxylic acids is 1. The topological polar surface area (TPSA) is 55.8 Å². The zero-order valence-electron chi connectivity index (χ0n) is 13.1. The summed E-state index contributed by atoms with van der Waals surface area (Å²) in [4.78, 5) is 16.7. The van der Waals surface area contributed by atoms with Crippen molar-refractivity contribution in [1.82, 2.24) is 15.1 Å². The number of carbonyl (C=O) groups is 1. The number of piperazine rings is 1. The Balaban J connectivity index is 1.97. The largest absolute Gasteiger partial charge is 0.388 e. The van der Waals surface area contributed by atoms with Crippen LogP contribution in [-0.4, -0.2) is 71.7 Å². The van der Waals surface area contributed by atoms with Crippen molar-refractivity contribution >= 4 is 5.91 Å². The molecule has 1 saturated heterocycles. The van der Waals surface area contributed by atoms with Crippen molar-refractivity contribution in [2.24, 2.45) is 0 Å². The van der Waals surface area contributed by atoms with Crippen molar-refractivity contribution in [3.05, 3.63) is 0 Å². The van der Waals surface area contributed by atoms with Crippen LogP contribution in [0.1, 0.15) is 39.5 Å². The molecule has 1 saturated carbocycles. The first-order valence-corrected chi connectivity index (χ1v) is 7.79. The first-order valence-electron chi connectivity index (χ1n) is 7.79. The third-order valence-corrected chi connectivity index (χ3v) is 4.84. The van der Waals surface area contributed by atoms with Gasteiger partial charge in [-0.3, -0.25) is 9.69 Å². The van der Waals surface area contributed by atoms with Crippen molar-refractivity contribution in [3.63, 3.8) is 0 Å². The van der Waals surface area contributed by atoms with Crippen LogP contribution in [0.5, 0.6) is 0 Å². The number of hydrogen-bond donors (Lipinski definition) is 2. The molecule has 1 aliphatic heterocycles. The fraction of sp³-hybridized carbons (Fsp3) is 0.933. The summed E-state index contributed by atoms with van der Waals surface area (Å²) in [6.07, 6.45) is 3.77. The molecule has 0 unspecified atom stereocenters. The van der Waals surface area contributed by atoms with Gasteiger partial charge in [0, 0.05) is 39.8 Å². The van der Waals surface area contributed by atoms with Crippen molar-refractivity contribution in [1.29, 1.82) is 0 Å². The third kappa shape index (κ3) is 3.32. The van der Waals surface area contributed by atoms with Gasteiger partial charge < -0.3 is 15.3 Å². The summed E-state index contributed by atoms with van der Waals surface area (Å²) in [6, 6.07) is 0. The third-order valence-electron chi connectivity index (χ3n) is 4.84. The molecule has 5 heteroatoms. The Kier molecular flexibility index (Phi) is 4.72. The molecule has 0 spiro atoms. The molecule has 2 N–H and O–H groups in total. The Hall–Kier alpha value is -0.650. The molecule has 1 heterocycles. The molecule has 0 atom stereocenters. The molecule has 0 aromatic carbocycles. The highest BCUT2D eigenvalue weighted by Gasteiger charge is 2.40. The zero-order chi connectivity index (χ0) is 14.8. The van der Waals surface area contributed by atoms with E-state index in [2.05, 4.69) is 10.2 Å². The number of nitrogens with one attached hydrogen (secondary N) is 1. The maximum atomic E-state index is 12.7. The van der Waals surface area contributed by atoms with Crippen molar-refractivity contribution in [3.8, 4) is 0 Å². The molecule has 2 rings (SSSR count). The lowest BCUT2D eigenvalue weighted by Crippen LogP contribution is -2.61. The summed E-state index contributed by atoms with van der Waals surface area (Å²) in [5.41, 5.74) is -1.16. The second kappa shape index (κ2) is 6.00. The van der Waals surface area contributed by atoms with E-state index < -0.39 is 11.1 Å². The van der Waals surface area contributed by atoms with E-state index in [0.29, 0.717) is 6.54 Å². The van der Waals surface area contributed by atoms with Gasteiger partial charge in [-0.15, -0.1) is 0 Å². The van der Waals surface area contributed by atoms with Crippen LogP contribution in [0.2, 0.25) is 0 Å². The maximum absolute atomic E-state index is 12.7. The lowest BCUT2D eigenvalue weighted by Gasteiger charge is -2.42. The van der Waals surface area contributed by atoms with Gasteiger partial charge in [0.15, 0.2) is 0 Å². The van der Waals surface area contributed by atoms with Gasteiger partial charge in [-0.1, -0.05) is 12.8 Å². The molecule has 2 fully saturated rings. The van der Waals surface area contributed by atoms with E-state index in [1.54, 1.807) is 4.90 Å². The molecule has 1 amide bonds. The van der Waals surface area contributed by atoms with Gasteiger partial charge in [0.05, 0.1) is 11.1 Å². The van der Waals surface area contributed by atoms with Crippen LogP contribution >= 0.6 is 0 Å². The highest BCUT2D eigenvalue weighted by molar-refractivity contribution is 5.85. The van der Waals surface area contributed by atoms with E-state index in [1.807, 2.05) is 20.9 Å². The average molecular weight is 283 g/mol. The van der Waals surface area contributed by atoms with Crippen LogP contribution in [-0.2, 0) is 4.79 Å². The molecule has 0 aromatic rings. The lowest BCUT2D eigenvalue weighted by molar-refractivity contribution is -0.145. The van der Waals surface area contributed by atoms with Crippen LogP contribution in [0.25, 0.3) is 0 Å². The predicted molar refractivity (Wildman–Crippen MR) is 79.6 cm³/mol. The fourth-order valence-corrected chi connectivity index (χ4v) is 3.53. The van der Waals surface area contributed by atoms with Gasteiger partial charge in [0.1, 0.15) is 0 Å². The molecular weight excluding hydrogens is 254 g/mol. The van der Waals surface area contributed by atoms with E-state index in [-0.39, 0.29) is 5.91 Å². The summed E-state index contributed by atoms with van der Waals surface area (Å²) >= 11 is 0. The number of hydrogen-bond acceptors (Lipinski definition) is 4. The van der Waals surface area contributed by atoms with Gasteiger partial charge in [-0.05, 0) is 26.7 Å². The Morgan fingerprint density at radius 1 is 1.30 bits per heavy atom. The first-order chi connectivity index (χ1) is 9.35. The van der Waals surface area contributed by atoms with Gasteiger partial charge >= 0.3 is 0 Å². The van der Waals surface area contributed by atoms with E-state index in [0.717, 1.165) is 51.9 Å². The Bertz CT molecular complexity index is 345. The quantitative estimate of drug-likeness (QED) is 0.786. The predicted octanol–water partition coefficient (Wildman–Crippen LogP) is 0.434. The number of likely N-dealkylation sites (N-methyl/N-ethyl adjacent to an activating group) is 1. The number of rotatable bonds is 4. The van der Waals surface area contributed by atoms with E-state index in [9.17, 15) is 9.90 Å². The fourth-order valence-electron chi connectivity index (χ4n) is 3.53. The van der Waals surface area contributed by atoms with E-state index >= 15 is 0 Å². The van der Waals surface area contributed by atoms with Crippen molar-refractivity contribution in [2.45, 2.75) is 50.7 Å². The Morgan fingerprint density at radius 3 is 2.40 bits per heavy atom. The van der Waals surface area contributed by atoms with E-state index in [4.69, 9.17) is 0 Å². The first kappa shape index (κ1) is 15.7. The summed E-state index contributed by atoms with van der Waals surface area (Å²) in [7, 11) is 1.82. The second-order valence-corrected chi connectivity index (χ2v) is 6.89. The zero-order valence-corrected chi connectivity index (χ0v) is 13.1. The summed E-state index contributed by atoms with van der Waals surface area (Å²) in [5.74, 6) is 0.111. The van der Waals surface area contributed by atoms with Crippen LogP contribution in [0.15, 0.2) is 0 Å². The molecular formula is C15H29N3O2. The minimum Gasteiger partial charge on any atom is -0.388 e. The van der Waals surface area contributed by atoms with Crippen LogP contribution in [0.3, 0.4) is 0 Å². The summed E-state index contributed by atoms with van der Waals surface area (Å²) in [6.45, 7) is 8.12. The van der Waals surface area contributed by atoms with Crippen LogP contribution < -0.4 is 5.32 Å². The Labute approximate surface area is 122 Å². The molecule has 0 aromatic heterocycles. The number of amides is 1. The molecule has 0 radical (unpaired) electrons. The van der Waals surface area contributed by atoms with Gasteiger partial charge in [-0.2, -0.15) is 0 Å². The number of aliphatic hydroxyl groups is 1. The summed E-state index contributed by atoms with van der Waals surface area (Å²) < 4.78 is 0.